The molecule has 2 aromatic rings. The van der Waals surface area contributed by atoms with Crippen molar-refractivity contribution in [1.29, 1.82) is 0 Å². The minimum Gasteiger partial charge on any atom is -0.497 e. The van der Waals surface area contributed by atoms with Gasteiger partial charge in [-0.1, -0.05) is 0 Å². The van der Waals surface area contributed by atoms with Gasteiger partial charge in [0.2, 0.25) is 0 Å². The maximum Gasteiger partial charge on any atom is 0.339 e. The van der Waals surface area contributed by atoms with Crippen molar-refractivity contribution in [3.8, 4) is 23.0 Å². The van der Waals surface area contributed by atoms with Gasteiger partial charge in [0.1, 0.15) is 10.6 Å². The summed E-state index contributed by atoms with van der Waals surface area (Å²) in [7, 11) is -2.75. The summed E-state index contributed by atoms with van der Waals surface area (Å²) in [5.74, 6) is 0.774. The number of hydrogen-bond acceptors (Lipinski definition) is 7. The fraction of sp³-hybridized carbons (Fsp3) is 0.278. The summed E-state index contributed by atoms with van der Waals surface area (Å²) in [5, 5.41) is 0. The number of Topliss-reactive ketones (excluding diaryl/α,β-unsaturated/α-hetero) is 1. The van der Waals surface area contributed by atoms with Crippen LogP contribution in [0.4, 0.5) is 0 Å². The van der Waals surface area contributed by atoms with Gasteiger partial charge in [-0.2, -0.15) is 8.42 Å². The standard InChI is InChI=1S/C18H18O7S/c1-12(19)15-6-4-13(22-2)10-17(15)25-26(20,21)14-5-7-16-18(11-14)24-9-3-8-23-16/h4-7,10-11H,3,8-9H2,1-2H3. The summed E-state index contributed by atoms with van der Waals surface area (Å²) < 4.78 is 46.7. The molecule has 7 nitrogen and oxygen atoms in total. The zero-order valence-corrected chi connectivity index (χ0v) is 15.2. The van der Waals surface area contributed by atoms with Gasteiger partial charge in [-0.15, -0.1) is 0 Å². The molecule has 0 unspecified atom stereocenters. The Morgan fingerprint density at radius 1 is 1.04 bits per heavy atom. The first kappa shape index (κ1) is 18.1. The Kier molecular flexibility index (Phi) is 5.03. The first-order chi connectivity index (χ1) is 12.4. The van der Waals surface area contributed by atoms with E-state index in [1.807, 2.05) is 0 Å². The summed E-state index contributed by atoms with van der Waals surface area (Å²) in [4.78, 5) is 11.7. The molecule has 3 rings (SSSR count). The fourth-order valence-corrected chi connectivity index (χ4v) is 3.41. The molecule has 8 heteroatoms. The van der Waals surface area contributed by atoms with Gasteiger partial charge >= 0.3 is 10.1 Å². The molecule has 0 saturated heterocycles. The quantitative estimate of drug-likeness (QED) is 0.584. The Bertz CT molecular complexity index is 935. The van der Waals surface area contributed by atoms with Crippen LogP contribution in [-0.4, -0.2) is 34.5 Å². The fourth-order valence-electron chi connectivity index (χ4n) is 2.45. The van der Waals surface area contributed by atoms with Crippen molar-refractivity contribution >= 4 is 15.9 Å². The number of rotatable bonds is 5. The lowest BCUT2D eigenvalue weighted by molar-refractivity contribution is 0.101. The molecule has 26 heavy (non-hydrogen) atoms. The minimum absolute atomic E-state index is 0.0936. The second-order valence-electron chi connectivity index (χ2n) is 5.61. The van der Waals surface area contributed by atoms with Crippen molar-refractivity contribution < 1.29 is 31.6 Å². The van der Waals surface area contributed by atoms with E-state index in [-0.39, 0.29) is 22.0 Å². The SMILES string of the molecule is COc1ccc(C(C)=O)c(OS(=O)(=O)c2ccc3c(c2)OCCCO3)c1. The number of ketones is 1. The Labute approximate surface area is 151 Å². The van der Waals surface area contributed by atoms with Crippen molar-refractivity contribution in [3.63, 3.8) is 0 Å². The lowest BCUT2D eigenvalue weighted by Crippen LogP contribution is -2.12. The van der Waals surface area contributed by atoms with E-state index in [2.05, 4.69) is 0 Å². The highest BCUT2D eigenvalue weighted by Crippen LogP contribution is 2.34. The van der Waals surface area contributed by atoms with E-state index < -0.39 is 10.1 Å². The predicted octanol–water partition coefficient (Wildman–Crippen LogP) is 2.83. The number of fused-ring (bicyclic) bond motifs is 1. The molecule has 0 atom stereocenters. The molecule has 1 aliphatic heterocycles. The molecule has 0 saturated carbocycles. The molecule has 0 aromatic heterocycles. The summed E-state index contributed by atoms with van der Waals surface area (Å²) in [5.41, 5.74) is 0.142. The highest BCUT2D eigenvalue weighted by molar-refractivity contribution is 7.87. The van der Waals surface area contributed by atoms with Crippen LogP contribution in [0.1, 0.15) is 23.7 Å². The van der Waals surface area contributed by atoms with Crippen LogP contribution in [0.5, 0.6) is 23.0 Å². The topological polar surface area (TPSA) is 88.1 Å². The first-order valence-electron chi connectivity index (χ1n) is 7.94. The second kappa shape index (κ2) is 7.25. The van der Waals surface area contributed by atoms with Crippen molar-refractivity contribution in [1.82, 2.24) is 0 Å². The molecular formula is C18H18O7S. The average Bonchev–Trinajstić information content (AvgIpc) is 2.85. The highest BCUT2D eigenvalue weighted by atomic mass is 32.2. The molecular weight excluding hydrogens is 360 g/mol. The number of ether oxygens (including phenoxy) is 3. The molecule has 0 bridgehead atoms. The van der Waals surface area contributed by atoms with Gasteiger partial charge < -0.3 is 18.4 Å². The second-order valence-corrected chi connectivity index (χ2v) is 7.16. The normalized spacial score (nSPS) is 13.6. The molecule has 138 valence electrons. The first-order valence-corrected chi connectivity index (χ1v) is 9.34. The lowest BCUT2D eigenvalue weighted by Gasteiger charge is -2.13. The van der Waals surface area contributed by atoms with Crippen molar-refractivity contribution in [2.24, 2.45) is 0 Å². The van der Waals surface area contributed by atoms with E-state index in [0.717, 1.165) is 0 Å². The third-order valence-electron chi connectivity index (χ3n) is 3.78. The Morgan fingerprint density at radius 3 is 2.46 bits per heavy atom. The summed E-state index contributed by atoms with van der Waals surface area (Å²) >= 11 is 0. The Balaban J connectivity index is 1.97. The van der Waals surface area contributed by atoms with Gasteiger partial charge in [-0.05, 0) is 31.2 Å². The van der Waals surface area contributed by atoms with E-state index in [1.54, 1.807) is 6.07 Å². The predicted molar refractivity (Wildman–Crippen MR) is 92.9 cm³/mol. The van der Waals surface area contributed by atoms with Gasteiger partial charge in [0.15, 0.2) is 23.0 Å². The monoisotopic (exact) mass is 378 g/mol. The van der Waals surface area contributed by atoms with Crippen molar-refractivity contribution in [2.75, 3.05) is 20.3 Å². The number of hydrogen-bond donors (Lipinski definition) is 0. The summed E-state index contributed by atoms with van der Waals surface area (Å²) in [6.07, 6.45) is 0.707. The van der Waals surface area contributed by atoms with Gasteiger partial charge in [-0.25, -0.2) is 0 Å². The number of carbonyl (C=O) groups excluding carboxylic acids is 1. The summed E-state index contributed by atoms with van der Waals surface area (Å²) in [6, 6.07) is 8.62. The molecule has 0 N–H and O–H groups in total. The van der Waals surface area contributed by atoms with Crippen LogP contribution in [0.15, 0.2) is 41.3 Å². The van der Waals surface area contributed by atoms with E-state index in [1.165, 1.54) is 44.4 Å². The number of methoxy groups -OCH3 is 1. The van der Waals surface area contributed by atoms with Crippen LogP contribution in [0.2, 0.25) is 0 Å². The molecule has 1 aliphatic rings. The molecule has 0 spiro atoms. The highest BCUT2D eigenvalue weighted by Gasteiger charge is 2.23. The van der Waals surface area contributed by atoms with Crippen LogP contribution in [-0.2, 0) is 10.1 Å². The van der Waals surface area contributed by atoms with Crippen LogP contribution >= 0.6 is 0 Å². The van der Waals surface area contributed by atoms with E-state index in [4.69, 9.17) is 18.4 Å². The molecule has 1 heterocycles. The zero-order valence-electron chi connectivity index (χ0n) is 14.4. The van der Waals surface area contributed by atoms with Crippen molar-refractivity contribution in [2.45, 2.75) is 18.2 Å². The van der Waals surface area contributed by atoms with Gasteiger partial charge in [0.25, 0.3) is 0 Å². The lowest BCUT2D eigenvalue weighted by atomic mass is 10.1. The maximum atomic E-state index is 12.7. The molecule has 0 radical (unpaired) electrons. The molecule has 0 fully saturated rings. The largest absolute Gasteiger partial charge is 0.497 e. The third-order valence-corrected chi connectivity index (χ3v) is 5.01. The Hall–Kier alpha value is -2.74. The molecule has 0 amide bonds. The van der Waals surface area contributed by atoms with Gasteiger partial charge in [0, 0.05) is 18.6 Å². The molecule has 2 aromatic carbocycles. The van der Waals surface area contributed by atoms with Crippen LogP contribution < -0.4 is 18.4 Å². The van der Waals surface area contributed by atoms with Crippen LogP contribution in [0.3, 0.4) is 0 Å². The number of benzene rings is 2. The van der Waals surface area contributed by atoms with Crippen molar-refractivity contribution in [3.05, 3.63) is 42.0 Å². The maximum absolute atomic E-state index is 12.7. The van der Waals surface area contributed by atoms with E-state index in [0.29, 0.717) is 36.9 Å². The average molecular weight is 378 g/mol. The third kappa shape index (κ3) is 3.75. The molecule has 0 aliphatic carbocycles. The summed E-state index contributed by atoms with van der Waals surface area (Å²) in [6.45, 7) is 2.26. The van der Waals surface area contributed by atoms with Crippen LogP contribution in [0, 0.1) is 0 Å². The Morgan fingerprint density at radius 2 is 1.77 bits per heavy atom. The zero-order chi connectivity index (χ0) is 18.7. The number of carbonyl (C=O) groups is 1. The smallest absolute Gasteiger partial charge is 0.339 e. The van der Waals surface area contributed by atoms with Gasteiger partial charge in [0.05, 0.1) is 25.9 Å². The minimum atomic E-state index is -4.18. The van der Waals surface area contributed by atoms with Gasteiger partial charge in [-0.3, -0.25) is 4.79 Å². The van der Waals surface area contributed by atoms with Crippen LogP contribution in [0.25, 0.3) is 0 Å². The van der Waals surface area contributed by atoms with E-state index >= 15 is 0 Å². The van der Waals surface area contributed by atoms with E-state index in [9.17, 15) is 13.2 Å².